The van der Waals surface area contributed by atoms with E-state index in [0.29, 0.717) is 23.7 Å². The van der Waals surface area contributed by atoms with E-state index in [0.717, 1.165) is 0 Å². The maximum Gasteiger partial charge on any atom is 0.242 e. The molecule has 0 aliphatic carbocycles. The zero-order valence-corrected chi connectivity index (χ0v) is 13.5. The maximum absolute atomic E-state index is 12.2. The van der Waals surface area contributed by atoms with E-state index in [-0.39, 0.29) is 15.8 Å². The molecule has 0 bridgehead atoms. The van der Waals surface area contributed by atoms with Crippen molar-refractivity contribution in [3.63, 3.8) is 0 Å². The first-order chi connectivity index (χ1) is 8.77. The van der Waals surface area contributed by atoms with Crippen molar-refractivity contribution in [2.45, 2.75) is 25.3 Å². The largest absolute Gasteiger partial charge is 0.316 e. The van der Waals surface area contributed by atoms with Crippen LogP contribution in [0.5, 0.6) is 0 Å². The summed E-state index contributed by atoms with van der Waals surface area (Å²) in [4.78, 5) is 0.0597. The second-order valence-electron chi connectivity index (χ2n) is 4.65. The molecule has 0 unspecified atom stereocenters. The first kappa shape index (κ1) is 16.7. The first-order valence-electron chi connectivity index (χ1n) is 5.90. The summed E-state index contributed by atoms with van der Waals surface area (Å²) in [6.45, 7) is 4.70. The van der Waals surface area contributed by atoms with Gasteiger partial charge in [-0.2, -0.15) is 0 Å². The fraction of sp³-hybridized carbons (Fsp3) is 0.500. The van der Waals surface area contributed by atoms with E-state index >= 15 is 0 Å². The zero-order valence-electron chi connectivity index (χ0n) is 11.1. The summed E-state index contributed by atoms with van der Waals surface area (Å²) < 4.78 is 26.9. The molecule has 0 aliphatic rings. The molecule has 19 heavy (non-hydrogen) atoms. The molecule has 0 amide bonds. The molecule has 7 heteroatoms. The van der Waals surface area contributed by atoms with E-state index in [1.165, 1.54) is 12.1 Å². The highest BCUT2D eigenvalue weighted by molar-refractivity contribution is 7.89. The number of hydrogen-bond acceptors (Lipinski definition) is 3. The summed E-state index contributed by atoms with van der Waals surface area (Å²) in [5.74, 6) is 0.220. The zero-order chi connectivity index (χ0) is 14.6. The third-order valence-electron chi connectivity index (χ3n) is 2.44. The van der Waals surface area contributed by atoms with Crippen molar-refractivity contribution < 1.29 is 8.42 Å². The van der Waals surface area contributed by atoms with Crippen LogP contribution in [0.3, 0.4) is 0 Å². The minimum Gasteiger partial charge on any atom is -0.316 e. The second kappa shape index (κ2) is 6.90. The van der Waals surface area contributed by atoms with Gasteiger partial charge in [0.05, 0.1) is 5.02 Å². The van der Waals surface area contributed by atoms with Crippen molar-refractivity contribution in [2.75, 3.05) is 13.6 Å². The Balaban J connectivity index is 3.15. The molecule has 2 N–H and O–H groups in total. The van der Waals surface area contributed by atoms with Crippen LogP contribution in [0.2, 0.25) is 10.0 Å². The highest BCUT2D eigenvalue weighted by Crippen LogP contribution is 2.28. The second-order valence-corrected chi connectivity index (χ2v) is 7.20. The van der Waals surface area contributed by atoms with Gasteiger partial charge in [-0.25, -0.2) is 13.1 Å². The van der Waals surface area contributed by atoms with Gasteiger partial charge in [-0.1, -0.05) is 37.0 Å². The summed E-state index contributed by atoms with van der Waals surface area (Å²) in [5, 5.41) is 3.50. The van der Waals surface area contributed by atoms with Crippen LogP contribution in [0.4, 0.5) is 0 Å². The molecule has 1 aromatic carbocycles. The molecule has 0 fully saturated rings. The quantitative estimate of drug-likeness (QED) is 0.845. The summed E-state index contributed by atoms with van der Waals surface area (Å²) in [6, 6.07) is 2.96. The average Bonchev–Trinajstić information content (AvgIpc) is 2.30. The van der Waals surface area contributed by atoms with Gasteiger partial charge in [-0.05, 0) is 30.7 Å². The Kier molecular flexibility index (Phi) is 6.08. The molecule has 0 heterocycles. The van der Waals surface area contributed by atoms with Gasteiger partial charge in [0.15, 0.2) is 0 Å². The molecular formula is C12H18Cl2N2O2S. The van der Waals surface area contributed by atoms with E-state index < -0.39 is 10.0 Å². The topological polar surface area (TPSA) is 58.2 Å². The molecule has 0 spiro atoms. The Hall–Kier alpha value is -0.330. The highest BCUT2D eigenvalue weighted by atomic mass is 35.5. The lowest BCUT2D eigenvalue weighted by Crippen LogP contribution is -2.28. The van der Waals surface area contributed by atoms with E-state index in [1.807, 2.05) is 13.8 Å². The molecule has 0 radical (unpaired) electrons. The number of halogens is 2. The summed E-state index contributed by atoms with van der Waals surface area (Å²) in [5.41, 5.74) is 0.693. The van der Waals surface area contributed by atoms with Gasteiger partial charge in [0.2, 0.25) is 10.0 Å². The van der Waals surface area contributed by atoms with Gasteiger partial charge in [0.25, 0.3) is 0 Å². The molecule has 0 aromatic heterocycles. The van der Waals surface area contributed by atoms with Crippen LogP contribution in [-0.2, 0) is 16.6 Å². The van der Waals surface area contributed by atoms with E-state index in [9.17, 15) is 8.42 Å². The molecule has 0 atom stereocenters. The molecule has 0 saturated heterocycles. The highest BCUT2D eigenvalue weighted by Gasteiger charge is 2.20. The fourth-order valence-corrected chi connectivity index (χ4v) is 3.53. The van der Waals surface area contributed by atoms with Crippen molar-refractivity contribution >= 4 is 33.2 Å². The Bertz CT molecular complexity index is 545. The van der Waals surface area contributed by atoms with E-state index in [4.69, 9.17) is 23.2 Å². The van der Waals surface area contributed by atoms with Crippen LogP contribution in [0.1, 0.15) is 19.4 Å². The molecule has 4 nitrogen and oxygen atoms in total. The van der Waals surface area contributed by atoms with Crippen LogP contribution in [0.25, 0.3) is 0 Å². The van der Waals surface area contributed by atoms with Crippen LogP contribution < -0.4 is 10.0 Å². The lowest BCUT2D eigenvalue weighted by Gasteiger charge is -2.12. The summed E-state index contributed by atoms with van der Waals surface area (Å²) in [7, 11) is -1.85. The van der Waals surface area contributed by atoms with Crippen LogP contribution in [0, 0.1) is 5.92 Å². The van der Waals surface area contributed by atoms with Crippen molar-refractivity contribution in [1.82, 2.24) is 10.0 Å². The third-order valence-corrected chi connectivity index (χ3v) is 4.68. The van der Waals surface area contributed by atoms with Gasteiger partial charge in [-0.15, -0.1) is 0 Å². The number of benzene rings is 1. The fourth-order valence-electron chi connectivity index (χ4n) is 1.46. The molecule has 0 aliphatic heterocycles. The standard InChI is InChI=1S/C12H18Cl2N2O2S/c1-8(2)6-16-19(17,18)12-4-9(7-15-3)10(13)5-11(12)14/h4-5,8,15-16H,6-7H2,1-3H3. The molecular weight excluding hydrogens is 307 g/mol. The molecule has 1 aromatic rings. The Morgan fingerprint density at radius 1 is 1.21 bits per heavy atom. The molecule has 108 valence electrons. The monoisotopic (exact) mass is 324 g/mol. The minimum absolute atomic E-state index is 0.0597. The van der Waals surface area contributed by atoms with Crippen molar-refractivity contribution in [1.29, 1.82) is 0 Å². The number of rotatable bonds is 6. The first-order valence-corrected chi connectivity index (χ1v) is 8.14. The van der Waals surface area contributed by atoms with E-state index in [1.54, 1.807) is 7.05 Å². The normalized spacial score (nSPS) is 12.1. The molecule has 0 saturated carbocycles. The summed E-state index contributed by atoms with van der Waals surface area (Å²) >= 11 is 12.0. The van der Waals surface area contributed by atoms with Gasteiger partial charge in [-0.3, -0.25) is 0 Å². The number of nitrogens with one attached hydrogen (secondary N) is 2. The number of hydrogen-bond donors (Lipinski definition) is 2. The number of sulfonamides is 1. The summed E-state index contributed by atoms with van der Waals surface area (Å²) in [6.07, 6.45) is 0. The lowest BCUT2D eigenvalue weighted by molar-refractivity contribution is 0.560. The van der Waals surface area contributed by atoms with Crippen LogP contribution >= 0.6 is 23.2 Å². The van der Waals surface area contributed by atoms with Gasteiger partial charge in [0.1, 0.15) is 4.90 Å². The van der Waals surface area contributed by atoms with Crippen LogP contribution in [0.15, 0.2) is 17.0 Å². The van der Waals surface area contributed by atoms with Crippen molar-refractivity contribution in [3.05, 3.63) is 27.7 Å². The van der Waals surface area contributed by atoms with Gasteiger partial charge < -0.3 is 5.32 Å². The minimum atomic E-state index is -3.61. The molecule has 1 rings (SSSR count). The third kappa shape index (κ3) is 4.61. The van der Waals surface area contributed by atoms with Gasteiger partial charge in [0, 0.05) is 18.1 Å². The smallest absolute Gasteiger partial charge is 0.242 e. The Labute approximate surface area is 124 Å². The van der Waals surface area contributed by atoms with Crippen molar-refractivity contribution in [2.24, 2.45) is 5.92 Å². The van der Waals surface area contributed by atoms with Crippen LogP contribution in [-0.4, -0.2) is 22.0 Å². The maximum atomic E-state index is 12.2. The SMILES string of the molecule is CNCc1cc(S(=O)(=O)NCC(C)C)c(Cl)cc1Cl. The van der Waals surface area contributed by atoms with Crippen molar-refractivity contribution in [3.8, 4) is 0 Å². The predicted octanol–water partition coefficient (Wildman–Crippen LogP) is 2.65. The Morgan fingerprint density at radius 3 is 2.37 bits per heavy atom. The van der Waals surface area contributed by atoms with E-state index in [2.05, 4.69) is 10.0 Å². The predicted molar refractivity (Wildman–Crippen MR) is 79.3 cm³/mol. The average molecular weight is 325 g/mol. The van der Waals surface area contributed by atoms with Gasteiger partial charge >= 0.3 is 0 Å². The lowest BCUT2D eigenvalue weighted by atomic mass is 10.2. The Morgan fingerprint density at radius 2 is 1.84 bits per heavy atom.